The summed E-state index contributed by atoms with van der Waals surface area (Å²) < 4.78 is 0.907. The van der Waals surface area contributed by atoms with Crippen molar-refractivity contribution in [2.45, 2.75) is 20.3 Å². The van der Waals surface area contributed by atoms with Crippen molar-refractivity contribution in [3.8, 4) is 6.07 Å². The molecule has 0 atom stereocenters. The Kier molecular flexibility index (Phi) is 6.37. The van der Waals surface area contributed by atoms with Crippen LogP contribution in [0, 0.1) is 11.3 Å². The maximum Gasteiger partial charge on any atom is 0.224 e. The lowest BCUT2D eigenvalue weighted by Crippen LogP contribution is -2.31. The Bertz CT molecular complexity index is 478. The second-order valence-electron chi connectivity index (χ2n) is 4.04. The van der Waals surface area contributed by atoms with Gasteiger partial charge in [0.25, 0.3) is 0 Å². The number of nitrogens with zero attached hydrogens (tertiary/aromatic N) is 2. The number of anilines is 1. The fraction of sp³-hybridized carbons (Fsp3) is 0.429. The van der Waals surface area contributed by atoms with Crippen molar-refractivity contribution in [3.05, 3.63) is 28.2 Å². The van der Waals surface area contributed by atoms with Crippen molar-refractivity contribution >= 4 is 27.5 Å². The first-order valence-corrected chi connectivity index (χ1v) is 7.13. The molecule has 0 aliphatic carbocycles. The van der Waals surface area contributed by atoms with Crippen LogP contribution in [0.25, 0.3) is 0 Å². The molecule has 1 rings (SSSR count). The van der Waals surface area contributed by atoms with Gasteiger partial charge >= 0.3 is 0 Å². The van der Waals surface area contributed by atoms with E-state index in [1.807, 2.05) is 26.0 Å². The van der Waals surface area contributed by atoms with Crippen LogP contribution < -0.4 is 5.32 Å². The lowest BCUT2D eigenvalue weighted by Gasteiger charge is -2.18. The maximum absolute atomic E-state index is 11.8. The van der Waals surface area contributed by atoms with Crippen LogP contribution in [-0.2, 0) is 4.79 Å². The van der Waals surface area contributed by atoms with Crippen molar-refractivity contribution in [2.24, 2.45) is 0 Å². The van der Waals surface area contributed by atoms with E-state index in [1.165, 1.54) is 0 Å². The van der Waals surface area contributed by atoms with Crippen LogP contribution in [0.4, 0.5) is 5.69 Å². The Labute approximate surface area is 122 Å². The highest BCUT2D eigenvalue weighted by atomic mass is 79.9. The molecule has 0 saturated heterocycles. The van der Waals surface area contributed by atoms with Crippen LogP contribution in [0.3, 0.4) is 0 Å². The fourth-order valence-electron chi connectivity index (χ4n) is 1.80. The largest absolute Gasteiger partial charge is 0.383 e. The molecule has 0 saturated carbocycles. The molecular weight excluding hydrogens is 306 g/mol. The van der Waals surface area contributed by atoms with Crippen molar-refractivity contribution in [2.75, 3.05) is 25.0 Å². The Morgan fingerprint density at radius 1 is 1.42 bits per heavy atom. The Morgan fingerprint density at radius 3 is 2.68 bits per heavy atom. The normalized spacial score (nSPS) is 9.79. The molecule has 1 aromatic carbocycles. The van der Waals surface area contributed by atoms with Gasteiger partial charge < -0.3 is 10.2 Å². The summed E-state index contributed by atoms with van der Waals surface area (Å²) in [5.41, 5.74) is 1.34. The maximum atomic E-state index is 11.8. The van der Waals surface area contributed by atoms with E-state index < -0.39 is 0 Å². The first-order valence-electron chi connectivity index (χ1n) is 6.33. The molecule has 0 heterocycles. The monoisotopic (exact) mass is 323 g/mol. The predicted octanol–water partition coefficient (Wildman–Crippen LogP) is 2.99. The number of carbonyl (C=O) groups is 1. The third-order valence-electron chi connectivity index (χ3n) is 2.87. The number of amides is 1. The van der Waals surface area contributed by atoms with E-state index in [9.17, 15) is 4.79 Å². The summed E-state index contributed by atoms with van der Waals surface area (Å²) in [5, 5.41) is 12.1. The van der Waals surface area contributed by atoms with Gasteiger partial charge in [-0.3, -0.25) is 4.79 Å². The number of rotatable bonds is 6. The second kappa shape index (κ2) is 7.80. The molecule has 102 valence electrons. The summed E-state index contributed by atoms with van der Waals surface area (Å²) in [7, 11) is 0. The van der Waals surface area contributed by atoms with Crippen molar-refractivity contribution in [1.29, 1.82) is 5.26 Å². The van der Waals surface area contributed by atoms with Crippen LogP contribution in [0.2, 0.25) is 0 Å². The first-order chi connectivity index (χ1) is 9.12. The standard InChI is InChI=1S/C14H18BrN3O/c1-3-18(4-2)14(19)7-8-17-13-9-12(15)6-5-11(13)10-16/h5-6,9,17H,3-4,7-8H2,1-2H3. The summed E-state index contributed by atoms with van der Waals surface area (Å²) in [6.45, 7) is 5.93. The molecule has 4 nitrogen and oxygen atoms in total. The van der Waals surface area contributed by atoms with Gasteiger partial charge in [-0.15, -0.1) is 0 Å². The minimum Gasteiger partial charge on any atom is -0.383 e. The molecule has 0 spiro atoms. The molecule has 0 bridgehead atoms. The number of nitrogens with one attached hydrogen (secondary N) is 1. The second-order valence-corrected chi connectivity index (χ2v) is 4.96. The summed E-state index contributed by atoms with van der Waals surface area (Å²) in [6, 6.07) is 7.55. The molecule has 19 heavy (non-hydrogen) atoms. The minimum atomic E-state index is 0.131. The van der Waals surface area contributed by atoms with Gasteiger partial charge in [0.15, 0.2) is 0 Å². The van der Waals surface area contributed by atoms with E-state index in [0.29, 0.717) is 18.5 Å². The quantitative estimate of drug-likeness (QED) is 0.875. The highest BCUT2D eigenvalue weighted by Gasteiger charge is 2.09. The summed E-state index contributed by atoms with van der Waals surface area (Å²) >= 11 is 3.37. The molecule has 0 unspecified atom stereocenters. The van der Waals surface area contributed by atoms with Gasteiger partial charge in [-0.2, -0.15) is 5.26 Å². The molecule has 5 heteroatoms. The number of nitriles is 1. The van der Waals surface area contributed by atoms with Gasteiger partial charge in [0.2, 0.25) is 5.91 Å². The summed E-state index contributed by atoms with van der Waals surface area (Å²) in [5.74, 6) is 0.131. The number of benzene rings is 1. The first kappa shape index (κ1) is 15.5. The van der Waals surface area contributed by atoms with Gasteiger partial charge in [0, 0.05) is 30.5 Å². The van der Waals surface area contributed by atoms with Crippen LogP contribution in [0.15, 0.2) is 22.7 Å². The van der Waals surface area contributed by atoms with E-state index in [1.54, 1.807) is 11.0 Å². The zero-order valence-electron chi connectivity index (χ0n) is 11.2. The van der Waals surface area contributed by atoms with Crippen LogP contribution in [-0.4, -0.2) is 30.4 Å². The Balaban J connectivity index is 2.56. The zero-order chi connectivity index (χ0) is 14.3. The highest BCUT2D eigenvalue weighted by Crippen LogP contribution is 2.20. The molecule has 1 N–H and O–H groups in total. The number of hydrogen-bond donors (Lipinski definition) is 1. The van der Waals surface area contributed by atoms with E-state index in [4.69, 9.17) is 5.26 Å². The minimum absolute atomic E-state index is 0.131. The van der Waals surface area contributed by atoms with E-state index in [2.05, 4.69) is 27.3 Å². The summed E-state index contributed by atoms with van der Waals surface area (Å²) in [4.78, 5) is 13.6. The lowest BCUT2D eigenvalue weighted by atomic mass is 10.2. The van der Waals surface area contributed by atoms with Crippen molar-refractivity contribution < 1.29 is 4.79 Å². The van der Waals surface area contributed by atoms with Gasteiger partial charge in [-0.05, 0) is 32.0 Å². The van der Waals surface area contributed by atoms with E-state index in [0.717, 1.165) is 23.2 Å². The average Bonchev–Trinajstić information content (AvgIpc) is 2.40. The average molecular weight is 324 g/mol. The SMILES string of the molecule is CCN(CC)C(=O)CCNc1cc(Br)ccc1C#N. The zero-order valence-corrected chi connectivity index (χ0v) is 12.8. The smallest absolute Gasteiger partial charge is 0.224 e. The Hall–Kier alpha value is -1.54. The third-order valence-corrected chi connectivity index (χ3v) is 3.37. The molecule has 0 radical (unpaired) electrons. The third kappa shape index (κ3) is 4.56. The fourth-order valence-corrected chi connectivity index (χ4v) is 2.16. The molecule has 1 aromatic rings. The number of halogens is 1. The molecule has 0 aromatic heterocycles. The van der Waals surface area contributed by atoms with E-state index in [-0.39, 0.29) is 5.91 Å². The van der Waals surface area contributed by atoms with E-state index >= 15 is 0 Å². The summed E-state index contributed by atoms with van der Waals surface area (Å²) in [6.07, 6.45) is 0.430. The van der Waals surface area contributed by atoms with Crippen LogP contribution in [0.5, 0.6) is 0 Å². The predicted molar refractivity (Wildman–Crippen MR) is 79.9 cm³/mol. The van der Waals surface area contributed by atoms with Crippen molar-refractivity contribution in [3.63, 3.8) is 0 Å². The number of carbonyl (C=O) groups excluding carboxylic acids is 1. The lowest BCUT2D eigenvalue weighted by molar-refractivity contribution is -0.130. The topological polar surface area (TPSA) is 56.1 Å². The van der Waals surface area contributed by atoms with Gasteiger partial charge in [-0.25, -0.2) is 0 Å². The van der Waals surface area contributed by atoms with Crippen LogP contribution in [0.1, 0.15) is 25.8 Å². The molecule has 1 amide bonds. The van der Waals surface area contributed by atoms with Gasteiger partial charge in [0.05, 0.1) is 11.3 Å². The van der Waals surface area contributed by atoms with Crippen molar-refractivity contribution in [1.82, 2.24) is 4.90 Å². The number of hydrogen-bond acceptors (Lipinski definition) is 3. The highest BCUT2D eigenvalue weighted by molar-refractivity contribution is 9.10. The molecule has 0 fully saturated rings. The van der Waals surface area contributed by atoms with Gasteiger partial charge in [-0.1, -0.05) is 15.9 Å². The van der Waals surface area contributed by atoms with Crippen LogP contribution >= 0.6 is 15.9 Å². The molecular formula is C14H18BrN3O. The molecule has 0 aliphatic rings. The van der Waals surface area contributed by atoms with Gasteiger partial charge in [0.1, 0.15) is 6.07 Å². The molecule has 0 aliphatic heterocycles. The Morgan fingerprint density at radius 2 is 2.11 bits per heavy atom.